The SMILES string of the molecule is CN(C)Cc1ccc(NC2CCc3sc(Cl)cc32)cc1. The Hall–Kier alpha value is -1.03. The van der Waals surface area contributed by atoms with E-state index in [1.54, 1.807) is 11.3 Å². The third-order valence-electron chi connectivity index (χ3n) is 3.64. The fraction of sp³-hybridized carbons (Fsp3) is 0.375. The minimum Gasteiger partial charge on any atom is -0.378 e. The van der Waals surface area contributed by atoms with Crippen LogP contribution in [-0.4, -0.2) is 19.0 Å². The molecular weight excluding hydrogens is 288 g/mol. The predicted octanol–water partition coefficient (Wildman–Crippen LogP) is 4.56. The Balaban J connectivity index is 1.69. The minimum absolute atomic E-state index is 0.411. The van der Waals surface area contributed by atoms with Crippen molar-refractivity contribution in [1.82, 2.24) is 4.90 Å². The number of rotatable bonds is 4. The van der Waals surface area contributed by atoms with Crippen molar-refractivity contribution in [3.05, 3.63) is 50.7 Å². The lowest BCUT2D eigenvalue weighted by Crippen LogP contribution is -2.11. The summed E-state index contributed by atoms with van der Waals surface area (Å²) >= 11 is 7.82. The van der Waals surface area contributed by atoms with Gasteiger partial charge in [0.15, 0.2) is 0 Å². The number of halogens is 1. The van der Waals surface area contributed by atoms with Gasteiger partial charge in [0.2, 0.25) is 0 Å². The summed E-state index contributed by atoms with van der Waals surface area (Å²) in [5.41, 5.74) is 3.91. The molecule has 106 valence electrons. The lowest BCUT2D eigenvalue weighted by molar-refractivity contribution is 0.402. The van der Waals surface area contributed by atoms with Gasteiger partial charge in [-0.25, -0.2) is 0 Å². The Morgan fingerprint density at radius 2 is 2.05 bits per heavy atom. The van der Waals surface area contributed by atoms with Crippen LogP contribution in [0.2, 0.25) is 4.34 Å². The van der Waals surface area contributed by atoms with E-state index in [1.165, 1.54) is 21.7 Å². The average molecular weight is 307 g/mol. The molecule has 0 aliphatic heterocycles. The van der Waals surface area contributed by atoms with Crippen LogP contribution in [0.4, 0.5) is 5.69 Å². The third kappa shape index (κ3) is 3.00. The van der Waals surface area contributed by atoms with Crippen molar-refractivity contribution in [3.63, 3.8) is 0 Å². The first-order valence-corrected chi connectivity index (χ1v) is 8.09. The van der Waals surface area contributed by atoms with Gasteiger partial charge in [-0.2, -0.15) is 0 Å². The number of hydrogen-bond donors (Lipinski definition) is 1. The largest absolute Gasteiger partial charge is 0.378 e. The fourth-order valence-electron chi connectivity index (χ4n) is 2.75. The highest BCUT2D eigenvalue weighted by molar-refractivity contribution is 7.16. The van der Waals surface area contributed by atoms with E-state index in [-0.39, 0.29) is 0 Å². The second-order valence-electron chi connectivity index (χ2n) is 5.60. The maximum absolute atomic E-state index is 6.10. The molecule has 2 nitrogen and oxygen atoms in total. The number of fused-ring (bicyclic) bond motifs is 1. The highest BCUT2D eigenvalue weighted by Crippen LogP contribution is 2.40. The van der Waals surface area contributed by atoms with Gasteiger partial charge < -0.3 is 10.2 Å². The number of aryl methyl sites for hydroxylation is 1. The molecule has 0 amide bonds. The monoisotopic (exact) mass is 306 g/mol. The first-order valence-electron chi connectivity index (χ1n) is 6.90. The lowest BCUT2D eigenvalue weighted by Gasteiger charge is -2.15. The zero-order chi connectivity index (χ0) is 14.1. The number of anilines is 1. The summed E-state index contributed by atoms with van der Waals surface area (Å²) in [4.78, 5) is 3.62. The van der Waals surface area contributed by atoms with Crippen molar-refractivity contribution >= 4 is 28.6 Å². The molecule has 0 spiro atoms. The van der Waals surface area contributed by atoms with Crippen LogP contribution in [-0.2, 0) is 13.0 Å². The molecule has 0 fully saturated rings. The summed E-state index contributed by atoms with van der Waals surface area (Å²) in [6.45, 7) is 0.980. The van der Waals surface area contributed by atoms with Crippen molar-refractivity contribution in [2.24, 2.45) is 0 Å². The Morgan fingerprint density at radius 1 is 1.30 bits per heavy atom. The Kier molecular flexibility index (Phi) is 4.01. The van der Waals surface area contributed by atoms with Gasteiger partial charge in [-0.15, -0.1) is 11.3 Å². The van der Waals surface area contributed by atoms with E-state index >= 15 is 0 Å². The highest BCUT2D eigenvalue weighted by atomic mass is 35.5. The summed E-state index contributed by atoms with van der Waals surface area (Å²) in [6, 6.07) is 11.3. The van der Waals surface area contributed by atoms with E-state index in [2.05, 4.69) is 54.6 Å². The molecule has 1 aromatic heterocycles. The first kappa shape index (κ1) is 13.9. The van der Waals surface area contributed by atoms with Crippen molar-refractivity contribution < 1.29 is 0 Å². The predicted molar refractivity (Wildman–Crippen MR) is 87.8 cm³/mol. The van der Waals surface area contributed by atoms with Crippen LogP contribution in [0.1, 0.15) is 28.5 Å². The Morgan fingerprint density at radius 3 is 2.75 bits per heavy atom. The van der Waals surface area contributed by atoms with Gasteiger partial charge in [0, 0.05) is 17.1 Å². The van der Waals surface area contributed by atoms with E-state index in [1.807, 2.05) is 0 Å². The molecule has 1 atom stereocenters. The van der Waals surface area contributed by atoms with Crippen LogP contribution >= 0.6 is 22.9 Å². The molecule has 0 saturated heterocycles. The Labute approximate surface area is 129 Å². The number of hydrogen-bond acceptors (Lipinski definition) is 3. The van der Waals surface area contributed by atoms with Crippen LogP contribution in [0, 0.1) is 0 Å². The van der Waals surface area contributed by atoms with E-state index < -0.39 is 0 Å². The van der Waals surface area contributed by atoms with Crippen LogP contribution < -0.4 is 5.32 Å². The lowest BCUT2D eigenvalue weighted by atomic mass is 10.1. The van der Waals surface area contributed by atoms with Gasteiger partial charge >= 0.3 is 0 Å². The molecule has 1 N–H and O–H groups in total. The molecule has 1 aromatic carbocycles. The summed E-state index contributed by atoms with van der Waals surface area (Å²) in [5.74, 6) is 0. The molecule has 0 saturated carbocycles. The van der Waals surface area contributed by atoms with E-state index in [9.17, 15) is 0 Å². The van der Waals surface area contributed by atoms with E-state index in [0.29, 0.717) is 6.04 Å². The van der Waals surface area contributed by atoms with Gasteiger partial charge in [0.1, 0.15) is 0 Å². The van der Waals surface area contributed by atoms with Gasteiger partial charge in [-0.3, -0.25) is 0 Å². The van der Waals surface area contributed by atoms with Crippen LogP contribution in [0.15, 0.2) is 30.3 Å². The molecule has 3 rings (SSSR count). The second kappa shape index (κ2) is 5.76. The molecule has 1 aliphatic carbocycles. The third-order valence-corrected chi connectivity index (χ3v) is 4.98. The zero-order valence-electron chi connectivity index (χ0n) is 11.8. The summed E-state index contributed by atoms with van der Waals surface area (Å²) in [7, 11) is 4.18. The van der Waals surface area contributed by atoms with Crippen molar-refractivity contribution in [1.29, 1.82) is 0 Å². The molecule has 2 aromatic rings. The van der Waals surface area contributed by atoms with Crippen LogP contribution in [0.3, 0.4) is 0 Å². The molecule has 20 heavy (non-hydrogen) atoms. The average Bonchev–Trinajstić information content (AvgIpc) is 2.92. The standard InChI is InChI=1S/C16H19ClN2S/c1-19(2)10-11-3-5-12(6-4-11)18-14-7-8-15-13(14)9-16(17)20-15/h3-6,9,14,18H,7-8,10H2,1-2H3. The molecule has 0 bridgehead atoms. The summed E-state index contributed by atoms with van der Waals surface area (Å²) in [5, 5.41) is 3.63. The maximum atomic E-state index is 6.10. The second-order valence-corrected chi connectivity index (χ2v) is 7.37. The van der Waals surface area contributed by atoms with E-state index in [0.717, 1.165) is 23.7 Å². The molecule has 1 unspecified atom stereocenters. The van der Waals surface area contributed by atoms with Gasteiger partial charge in [0.25, 0.3) is 0 Å². The van der Waals surface area contributed by atoms with Crippen LogP contribution in [0.25, 0.3) is 0 Å². The first-order chi connectivity index (χ1) is 9.61. The quantitative estimate of drug-likeness (QED) is 0.890. The number of nitrogens with one attached hydrogen (secondary N) is 1. The van der Waals surface area contributed by atoms with Gasteiger partial charge in [-0.1, -0.05) is 23.7 Å². The van der Waals surface area contributed by atoms with Crippen molar-refractivity contribution in [2.75, 3.05) is 19.4 Å². The molecule has 1 heterocycles. The molecular formula is C16H19ClN2S. The minimum atomic E-state index is 0.411. The molecule has 0 radical (unpaired) electrons. The smallest absolute Gasteiger partial charge is 0.0934 e. The number of nitrogens with zero attached hydrogens (tertiary/aromatic N) is 1. The highest BCUT2D eigenvalue weighted by Gasteiger charge is 2.24. The van der Waals surface area contributed by atoms with Gasteiger partial charge in [0.05, 0.1) is 10.4 Å². The normalized spacial score (nSPS) is 17.5. The Bertz CT molecular complexity index is 589. The fourth-order valence-corrected chi connectivity index (χ4v) is 4.11. The summed E-state index contributed by atoms with van der Waals surface area (Å²) < 4.78 is 0.905. The number of benzene rings is 1. The summed E-state index contributed by atoms with van der Waals surface area (Å²) in [6.07, 6.45) is 2.31. The van der Waals surface area contributed by atoms with Crippen LogP contribution in [0.5, 0.6) is 0 Å². The maximum Gasteiger partial charge on any atom is 0.0934 e. The van der Waals surface area contributed by atoms with Crippen molar-refractivity contribution in [3.8, 4) is 0 Å². The number of thiophene rings is 1. The zero-order valence-corrected chi connectivity index (χ0v) is 13.4. The van der Waals surface area contributed by atoms with Gasteiger partial charge in [-0.05, 0) is 56.3 Å². The topological polar surface area (TPSA) is 15.3 Å². The molecule has 4 heteroatoms. The van der Waals surface area contributed by atoms with Crippen molar-refractivity contribution in [2.45, 2.75) is 25.4 Å². The van der Waals surface area contributed by atoms with E-state index in [4.69, 9.17) is 11.6 Å². The molecule has 1 aliphatic rings.